The number of Topliss-reactive ketones (excluding diaryl/α,β-unsaturated/α-hetero) is 1. The molecule has 0 saturated carbocycles. The Labute approximate surface area is 209 Å². The van der Waals surface area contributed by atoms with Gasteiger partial charge < -0.3 is 15.5 Å². The summed E-state index contributed by atoms with van der Waals surface area (Å²) >= 11 is 0. The molecule has 0 aliphatic heterocycles. The van der Waals surface area contributed by atoms with Crippen molar-refractivity contribution in [1.82, 2.24) is 4.98 Å². The van der Waals surface area contributed by atoms with Crippen LogP contribution in [0.2, 0.25) is 0 Å². The van der Waals surface area contributed by atoms with Crippen molar-refractivity contribution in [1.29, 1.82) is 0 Å². The van der Waals surface area contributed by atoms with Gasteiger partial charge in [0, 0.05) is 23.5 Å². The van der Waals surface area contributed by atoms with E-state index in [1.165, 1.54) is 0 Å². The van der Waals surface area contributed by atoms with Gasteiger partial charge in [-0.3, -0.25) is 9.59 Å². The normalized spacial score (nSPS) is 14.4. The molecule has 3 N–H and O–H groups in total. The second kappa shape index (κ2) is 10.2. The number of carbonyl (C=O) groups is 2. The third-order valence-corrected chi connectivity index (χ3v) is 5.65. The van der Waals surface area contributed by atoms with E-state index in [0.717, 1.165) is 0 Å². The molecule has 0 spiro atoms. The molecule has 0 aliphatic carbocycles. The summed E-state index contributed by atoms with van der Waals surface area (Å²) in [6, 6.07) is 6.97. The Bertz CT molecular complexity index is 1260. The summed E-state index contributed by atoms with van der Waals surface area (Å²) in [5.41, 5.74) is 3.22. The number of aromatic nitrogens is 1. The molecule has 3 rings (SSSR count). The molecule has 5 nitrogen and oxygen atoms in total. The van der Waals surface area contributed by atoms with Crippen LogP contribution in [0.4, 0.5) is 26.3 Å². The number of rotatable bonds is 7. The maximum atomic E-state index is 13.2. The van der Waals surface area contributed by atoms with Crippen LogP contribution in [-0.2, 0) is 33.1 Å². The molecule has 3 aromatic rings. The van der Waals surface area contributed by atoms with Crippen molar-refractivity contribution >= 4 is 22.7 Å². The average molecular weight is 528 g/mol. The number of aryl methyl sites for hydroxylation is 1. The fourth-order valence-electron chi connectivity index (χ4n) is 3.98. The van der Waals surface area contributed by atoms with E-state index < -0.39 is 65.6 Å². The molecule has 0 amide bonds. The van der Waals surface area contributed by atoms with E-state index in [2.05, 4.69) is 4.98 Å². The summed E-state index contributed by atoms with van der Waals surface area (Å²) < 4.78 is 84.6. The molecule has 0 aliphatic rings. The Morgan fingerprint density at radius 1 is 0.946 bits per heavy atom. The van der Waals surface area contributed by atoms with Crippen molar-refractivity contribution < 1.29 is 40.7 Å². The van der Waals surface area contributed by atoms with Gasteiger partial charge in [-0.05, 0) is 62.6 Å². The fourth-order valence-corrected chi connectivity index (χ4v) is 3.98. The molecule has 2 aromatic carbocycles. The van der Waals surface area contributed by atoms with Gasteiger partial charge in [0.25, 0.3) is 0 Å². The van der Waals surface area contributed by atoms with Crippen LogP contribution < -0.4 is 5.73 Å². The number of ketones is 1. The van der Waals surface area contributed by atoms with E-state index in [-0.39, 0.29) is 11.6 Å². The van der Waals surface area contributed by atoms with Crippen LogP contribution in [0.15, 0.2) is 48.7 Å². The summed E-state index contributed by atoms with van der Waals surface area (Å²) in [7, 11) is 0. The zero-order valence-electron chi connectivity index (χ0n) is 20.3. The maximum Gasteiger partial charge on any atom is 0.416 e. The molecule has 37 heavy (non-hydrogen) atoms. The van der Waals surface area contributed by atoms with Crippen LogP contribution in [0.5, 0.6) is 0 Å². The molecule has 0 fully saturated rings. The number of esters is 1. The van der Waals surface area contributed by atoms with Crippen LogP contribution in [0.25, 0.3) is 10.9 Å². The third-order valence-electron chi connectivity index (χ3n) is 5.65. The number of alkyl halides is 6. The highest BCUT2D eigenvalue weighted by Gasteiger charge is 2.39. The fraction of sp³-hybridized carbons (Fsp3) is 0.385. The molecule has 1 aromatic heterocycles. The Morgan fingerprint density at radius 2 is 1.51 bits per heavy atom. The monoisotopic (exact) mass is 528 g/mol. The van der Waals surface area contributed by atoms with Gasteiger partial charge >= 0.3 is 18.3 Å². The van der Waals surface area contributed by atoms with Gasteiger partial charge in [0.15, 0.2) is 0 Å². The number of nitrogens with one attached hydrogen (secondary N) is 1. The number of para-hydroxylation sites is 1. The van der Waals surface area contributed by atoms with Crippen molar-refractivity contribution in [3.8, 4) is 0 Å². The lowest BCUT2D eigenvalue weighted by molar-refractivity contribution is -0.163. The zero-order valence-corrected chi connectivity index (χ0v) is 20.3. The molecule has 2 atom stereocenters. The number of hydrogen-bond donors (Lipinski definition) is 2. The molecule has 0 saturated heterocycles. The van der Waals surface area contributed by atoms with E-state index in [1.54, 1.807) is 51.2 Å². The predicted molar refractivity (Wildman–Crippen MR) is 124 cm³/mol. The van der Waals surface area contributed by atoms with Gasteiger partial charge in [-0.15, -0.1) is 0 Å². The summed E-state index contributed by atoms with van der Waals surface area (Å²) in [4.78, 5) is 29.3. The molecule has 1 heterocycles. The quantitative estimate of drug-likeness (QED) is 0.212. The maximum absolute atomic E-state index is 13.2. The molecule has 0 radical (unpaired) electrons. The lowest BCUT2D eigenvalue weighted by Gasteiger charge is -2.26. The number of aromatic amines is 1. The lowest BCUT2D eigenvalue weighted by Crippen LogP contribution is -2.39. The average Bonchev–Trinajstić information content (AvgIpc) is 3.19. The Balaban J connectivity index is 1.93. The van der Waals surface area contributed by atoms with E-state index in [0.29, 0.717) is 28.6 Å². The smallest absolute Gasteiger partial charge is 0.416 e. The Kier molecular flexibility index (Phi) is 7.78. The number of H-pyrrole nitrogens is 1. The minimum Gasteiger partial charge on any atom is -0.459 e. The van der Waals surface area contributed by atoms with Crippen molar-refractivity contribution in [3.63, 3.8) is 0 Å². The number of ether oxygens (including phenoxy) is 1. The highest BCUT2D eigenvalue weighted by Crippen LogP contribution is 2.37. The first-order valence-corrected chi connectivity index (χ1v) is 11.3. The van der Waals surface area contributed by atoms with Crippen LogP contribution in [0, 0.1) is 5.92 Å². The van der Waals surface area contributed by atoms with Gasteiger partial charge in [-0.2, -0.15) is 26.3 Å². The van der Waals surface area contributed by atoms with Gasteiger partial charge in [0.05, 0.1) is 17.2 Å². The highest BCUT2D eigenvalue weighted by atomic mass is 19.4. The second-order valence-corrected chi connectivity index (χ2v) is 9.71. The van der Waals surface area contributed by atoms with Gasteiger partial charge in [-0.25, -0.2) is 0 Å². The van der Waals surface area contributed by atoms with E-state index in [1.807, 2.05) is 0 Å². The summed E-state index contributed by atoms with van der Waals surface area (Å²) in [6.45, 7) is 4.76. The molecule has 2 unspecified atom stereocenters. The first-order valence-electron chi connectivity index (χ1n) is 11.3. The highest BCUT2D eigenvalue weighted by molar-refractivity contribution is 6.01. The van der Waals surface area contributed by atoms with Gasteiger partial charge in [0.2, 0.25) is 0 Å². The zero-order chi connectivity index (χ0) is 27.8. The van der Waals surface area contributed by atoms with E-state index >= 15 is 0 Å². The third kappa shape index (κ3) is 6.91. The first kappa shape index (κ1) is 28.2. The minimum absolute atomic E-state index is 0.0156. The van der Waals surface area contributed by atoms with Gasteiger partial charge in [0.1, 0.15) is 17.3 Å². The molecular weight excluding hydrogens is 502 g/mol. The summed E-state index contributed by atoms with van der Waals surface area (Å²) in [5.74, 6) is -3.24. The molecular formula is C26H26F6N2O3. The van der Waals surface area contributed by atoms with Crippen molar-refractivity contribution in [3.05, 3.63) is 70.9 Å². The number of carbonyl (C=O) groups excluding carboxylic acids is 2. The summed E-state index contributed by atoms with van der Waals surface area (Å²) in [5, 5.41) is 0.657. The number of nitrogens with two attached hydrogens (primary N) is 1. The van der Waals surface area contributed by atoms with Crippen LogP contribution in [0.1, 0.15) is 55.5 Å². The van der Waals surface area contributed by atoms with Crippen molar-refractivity contribution in [2.45, 2.75) is 57.6 Å². The minimum atomic E-state index is -5.02. The van der Waals surface area contributed by atoms with E-state index in [4.69, 9.17) is 10.5 Å². The van der Waals surface area contributed by atoms with Crippen molar-refractivity contribution in [2.75, 3.05) is 0 Å². The number of hydrogen-bond acceptors (Lipinski definition) is 4. The lowest BCUT2D eigenvalue weighted by atomic mass is 9.87. The molecule has 0 bridgehead atoms. The number of halogens is 6. The number of fused-ring (bicyclic) bond motifs is 1. The van der Waals surface area contributed by atoms with Crippen LogP contribution in [-0.4, -0.2) is 22.3 Å². The summed E-state index contributed by atoms with van der Waals surface area (Å²) in [6.07, 6.45) is -9.49. The number of benzene rings is 2. The molecule has 11 heteroatoms. The largest absolute Gasteiger partial charge is 0.459 e. The SMILES string of the molecule is CC(C)(C)OC(=O)C(C(=O)CCc1cc(C(F)(F)F)cc(C(F)(F)F)c1)C(N)c1c[nH]c2ccccc12. The van der Waals surface area contributed by atoms with E-state index in [9.17, 15) is 35.9 Å². The van der Waals surface area contributed by atoms with Crippen molar-refractivity contribution in [2.24, 2.45) is 11.7 Å². The first-order chi connectivity index (χ1) is 17.0. The standard InChI is InChI=1S/C26H26F6N2O3/c1-24(2,3)37-23(36)21(22(33)18-13-34-19-7-5-4-6-17(18)19)20(35)9-8-14-10-15(25(27,28)29)12-16(11-14)26(30,31)32/h4-7,10-13,21-22,34H,8-9,33H2,1-3H3. The predicted octanol–water partition coefficient (Wildman–Crippen LogP) is 6.37. The Morgan fingerprint density at radius 3 is 2.05 bits per heavy atom. The van der Waals surface area contributed by atoms with Crippen LogP contribution >= 0.6 is 0 Å². The second-order valence-electron chi connectivity index (χ2n) is 9.71. The topological polar surface area (TPSA) is 85.2 Å². The van der Waals surface area contributed by atoms with Gasteiger partial charge in [-0.1, -0.05) is 18.2 Å². The molecule has 200 valence electrons. The Hall–Kier alpha value is -3.34. The van der Waals surface area contributed by atoms with Crippen LogP contribution in [0.3, 0.4) is 0 Å².